The highest BCUT2D eigenvalue weighted by molar-refractivity contribution is 5.36. The van der Waals surface area contributed by atoms with Gasteiger partial charge in [0.2, 0.25) is 0 Å². The second kappa shape index (κ2) is 3.81. The molecule has 0 radical (unpaired) electrons. The van der Waals surface area contributed by atoms with Gasteiger partial charge in [-0.1, -0.05) is 0 Å². The molecule has 3 heteroatoms. The van der Waals surface area contributed by atoms with Gasteiger partial charge in [-0.15, -0.1) is 0 Å². The van der Waals surface area contributed by atoms with Crippen LogP contribution in [-0.2, 0) is 6.42 Å². The molecule has 1 aliphatic carbocycles. The van der Waals surface area contributed by atoms with E-state index in [1.165, 1.54) is 6.07 Å². The van der Waals surface area contributed by atoms with Crippen LogP contribution in [0.1, 0.15) is 36.3 Å². The monoisotopic (exact) mass is 223 g/mol. The molecule has 1 aromatic carbocycles. The molecule has 1 saturated heterocycles. The van der Waals surface area contributed by atoms with Crippen molar-refractivity contribution in [3.63, 3.8) is 0 Å². The predicted molar refractivity (Wildman–Crippen MR) is 58.4 cm³/mol. The summed E-state index contributed by atoms with van der Waals surface area (Å²) in [7, 11) is 0. The van der Waals surface area contributed by atoms with Gasteiger partial charge in [0.05, 0.1) is 0 Å². The summed E-state index contributed by atoms with van der Waals surface area (Å²) in [5, 5.41) is 3.46. The molecular formula is C13H15F2N. The van der Waals surface area contributed by atoms with Crippen molar-refractivity contribution in [1.82, 2.24) is 5.32 Å². The Balaban J connectivity index is 2.06. The third-order valence-corrected chi connectivity index (χ3v) is 3.88. The van der Waals surface area contributed by atoms with E-state index in [2.05, 4.69) is 5.32 Å². The van der Waals surface area contributed by atoms with Gasteiger partial charge < -0.3 is 5.32 Å². The van der Waals surface area contributed by atoms with Crippen LogP contribution in [0.4, 0.5) is 8.78 Å². The second-order valence-corrected chi connectivity index (χ2v) is 4.80. The van der Waals surface area contributed by atoms with Crippen LogP contribution in [0.25, 0.3) is 0 Å². The second-order valence-electron chi connectivity index (χ2n) is 4.80. The Hall–Kier alpha value is -0.960. The number of nitrogens with one attached hydrogen (secondary N) is 1. The average molecular weight is 223 g/mol. The first-order chi connectivity index (χ1) is 7.75. The summed E-state index contributed by atoms with van der Waals surface area (Å²) in [6.45, 7) is 1.04. The van der Waals surface area contributed by atoms with Crippen LogP contribution in [0.5, 0.6) is 0 Å². The molecule has 0 aromatic heterocycles. The number of fused-ring (bicyclic) bond motifs is 3. The molecule has 1 fully saturated rings. The van der Waals surface area contributed by atoms with Crippen LogP contribution in [-0.4, -0.2) is 12.6 Å². The summed E-state index contributed by atoms with van der Waals surface area (Å²) in [4.78, 5) is 0. The summed E-state index contributed by atoms with van der Waals surface area (Å²) in [6, 6.07) is 2.96. The average Bonchev–Trinajstić information content (AvgIpc) is 2.28. The van der Waals surface area contributed by atoms with Gasteiger partial charge in [0.15, 0.2) is 0 Å². The highest BCUT2D eigenvalue weighted by atomic mass is 19.1. The van der Waals surface area contributed by atoms with Gasteiger partial charge in [-0.3, -0.25) is 0 Å². The molecule has 86 valence electrons. The fraction of sp³-hybridized carbons (Fsp3) is 0.538. The summed E-state index contributed by atoms with van der Waals surface area (Å²) in [5.41, 5.74) is 1.65. The summed E-state index contributed by atoms with van der Waals surface area (Å²) in [6.07, 6.45) is 3.85. The highest BCUT2D eigenvalue weighted by Gasteiger charge is 2.32. The van der Waals surface area contributed by atoms with Crippen molar-refractivity contribution in [2.24, 2.45) is 0 Å². The Bertz CT molecular complexity index is 417. The van der Waals surface area contributed by atoms with E-state index < -0.39 is 5.82 Å². The molecular weight excluding hydrogens is 208 g/mol. The molecule has 1 nitrogen and oxygen atoms in total. The van der Waals surface area contributed by atoms with Crippen molar-refractivity contribution < 1.29 is 8.78 Å². The minimum absolute atomic E-state index is 0.308. The van der Waals surface area contributed by atoms with E-state index in [-0.39, 0.29) is 5.82 Å². The van der Waals surface area contributed by atoms with Gasteiger partial charge in [0.25, 0.3) is 0 Å². The predicted octanol–water partition coefficient (Wildman–Crippen LogP) is 2.75. The third-order valence-electron chi connectivity index (χ3n) is 3.88. The number of piperidine rings is 1. The third kappa shape index (κ3) is 1.54. The van der Waals surface area contributed by atoms with E-state index >= 15 is 0 Å². The smallest absolute Gasteiger partial charge is 0.129 e. The Kier molecular flexibility index (Phi) is 2.43. The van der Waals surface area contributed by atoms with E-state index in [4.69, 9.17) is 0 Å². The van der Waals surface area contributed by atoms with E-state index in [1.807, 2.05) is 0 Å². The largest absolute Gasteiger partial charge is 0.313 e. The Morgan fingerprint density at radius 1 is 1.19 bits per heavy atom. The summed E-state index contributed by atoms with van der Waals surface area (Å²) >= 11 is 0. The molecule has 0 bridgehead atoms. The number of hydrogen-bond acceptors (Lipinski definition) is 1. The molecule has 1 aliphatic heterocycles. The zero-order valence-electron chi connectivity index (χ0n) is 9.10. The van der Waals surface area contributed by atoms with Crippen LogP contribution in [0.2, 0.25) is 0 Å². The molecule has 1 aromatic rings. The van der Waals surface area contributed by atoms with Crippen LogP contribution in [0, 0.1) is 11.6 Å². The van der Waals surface area contributed by atoms with Crippen molar-refractivity contribution in [2.75, 3.05) is 6.54 Å². The minimum Gasteiger partial charge on any atom is -0.313 e. The first kappa shape index (κ1) is 10.2. The Morgan fingerprint density at radius 2 is 2.06 bits per heavy atom. The highest BCUT2D eigenvalue weighted by Crippen LogP contribution is 2.38. The van der Waals surface area contributed by atoms with Crippen LogP contribution in [0.3, 0.4) is 0 Å². The van der Waals surface area contributed by atoms with E-state index in [9.17, 15) is 8.78 Å². The van der Waals surface area contributed by atoms with Gasteiger partial charge in [0.1, 0.15) is 11.6 Å². The van der Waals surface area contributed by atoms with Crippen molar-refractivity contribution in [3.05, 3.63) is 34.9 Å². The quantitative estimate of drug-likeness (QED) is 0.713. The lowest BCUT2D eigenvalue weighted by Gasteiger charge is -2.38. The van der Waals surface area contributed by atoms with E-state index in [0.29, 0.717) is 12.0 Å². The molecule has 2 atom stereocenters. The lowest BCUT2D eigenvalue weighted by Crippen LogP contribution is -2.42. The maximum Gasteiger partial charge on any atom is 0.129 e. The molecule has 0 saturated carbocycles. The van der Waals surface area contributed by atoms with Gasteiger partial charge in [-0.05, 0) is 55.3 Å². The van der Waals surface area contributed by atoms with E-state index in [1.54, 1.807) is 0 Å². The Labute approximate surface area is 93.9 Å². The van der Waals surface area contributed by atoms with Crippen molar-refractivity contribution >= 4 is 0 Å². The zero-order chi connectivity index (χ0) is 11.1. The van der Waals surface area contributed by atoms with Gasteiger partial charge in [0, 0.05) is 12.1 Å². The number of hydrogen-bond donors (Lipinski definition) is 1. The summed E-state index contributed by atoms with van der Waals surface area (Å²) in [5.74, 6) is -0.496. The normalized spacial score (nSPS) is 28.4. The van der Waals surface area contributed by atoms with Gasteiger partial charge >= 0.3 is 0 Å². The molecule has 16 heavy (non-hydrogen) atoms. The standard InChI is InChI=1S/C13H15F2N/c14-8-6-11-9(12(15)7-8)3-4-13-10(11)2-1-5-16-13/h6-7,10,13,16H,1-5H2/t10-,13-/m1/s1. The fourth-order valence-electron chi connectivity index (χ4n) is 3.15. The number of benzene rings is 1. The van der Waals surface area contributed by atoms with Crippen molar-refractivity contribution in [3.8, 4) is 0 Å². The number of halogens is 2. The van der Waals surface area contributed by atoms with Gasteiger partial charge in [-0.2, -0.15) is 0 Å². The molecule has 0 spiro atoms. The topological polar surface area (TPSA) is 12.0 Å². The van der Waals surface area contributed by atoms with Gasteiger partial charge in [-0.25, -0.2) is 8.78 Å². The number of rotatable bonds is 0. The minimum atomic E-state index is -0.442. The molecule has 1 N–H and O–H groups in total. The van der Waals surface area contributed by atoms with Crippen LogP contribution < -0.4 is 5.32 Å². The molecule has 1 heterocycles. The molecule has 2 aliphatic rings. The SMILES string of the molecule is Fc1cc(F)c2c(c1)[C@H]1CCCN[C@@H]1CC2. The lowest BCUT2D eigenvalue weighted by molar-refractivity contribution is 0.315. The molecule has 0 unspecified atom stereocenters. The van der Waals surface area contributed by atoms with E-state index in [0.717, 1.165) is 49.4 Å². The van der Waals surface area contributed by atoms with Crippen LogP contribution >= 0.6 is 0 Å². The lowest BCUT2D eigenvalue weighted by atomic mass is 9.75. The first-order valence-electron chi connectivity index (χ1n) is 5.97. The fourth-order valence-corrected chi connectivity index (χ4v) is 3.15. The van der Waals surface area contributed by atoms with Crippen molar-refractivity contribution in [1.29, 1.82) is 0 Å². The Morgan fingerprint density at radius 3 is 2.94 bits per heavy atom. The molecule has 0 amide bonds. The summed E-state index contributed by atoms with van der Waals surface area (Å²) < 4.78 is 26.9. The zero-order valence-corrected chi connectivity index (χ0v) is 9.10. The van der Waals surface area contributed by atoms with Crippen molar-refractivity contribution in [2.45, 2.75) is 37.6 Å². The first-order valence-corrected chi connectivity index (χ1v) is 5.97. The maximum absolute atomic E-state index is 13.6. The molecule has 3 rings (SSSR count). The maximum atomic E-state index is 13.6. The van der Waals surface area contributed by atoms with Crippen LogP contribution in [0.15, 0.2) is 12.1 Å².